The maximum Gasteiger partial charge on any atom is 0.258 e. The zero-order valence-electron chi connectivity index (χ0n) is 7.96. The van der Waals surface area contributed by atoms with Gasteiger partial charge in [0.05, 0.1) is 11.8 Å². The largest absolute Gasteiger partial charge is 0.457 e. The van der Waals surface area contributed by atoms with Crippen LogP contribution in [0.2, 0.25) is 0 Å². The Morgan fingerprint density at radius 1 is 1.79 bits per heavy atom. The van der Waals surface area contributed by atoms with Crippen LogP contribution in [0.25, 0.3) is 0 Å². The summed E-state index contributed by atoms with van der Waals surface area (Å²) in [6.45, 7) is 1.89. The fourth-order valence-corrected chi connectivity index (χ4v) is 1.56. The average molecular weight is 281 g/mol. The number of carbonyl (C=O) groups is 1. The van der Waals surface area contributed by atoms with Crippen LogP contribution < -0.4 is 0 Å². The van der Waals surface area contributed by atoms with Gasteiger partial charge in [0.25, 0.3) is 5.91 Å². The lowest BCUT2D eigenvalue weighted by Crippen LogP contribution is -2.36. The first-order valence-electron chi connectivity index (χ1n) is 4.14. The Hall–Kier alpha value is -0.480. The van der Waals surface area contributed by atoms with Crippen molar-refractivity contribution in [3.63, 3.8) is 0 Å². The summed E-state index contributed by atoms with van der Waals surface area (Å²) in [5.74, 6) is 0.316. The Morgan fingerprint density at radius 2 is 2.43 bits per heavy atom. The number of alkyl halides is 1. The van der Waals surface area contributed by atoms with E-state index in [0.717, 1.165) is 0 Å². The number of nitrogens with zero attached hydrogens (tertiary/aromatic N) is 1. The van der Waals surface area contributed by atoms with Gasteiger partial charge in [-0.15, -0.1) is 11.6 Å². The third-order valence-electron chi connectivity index (χ3n) is 2.05. The Labute approximate surface area is 96.1 Å². The van der Waals surface area contributed by atoms with E-state index in [2.05, 4.69) is 15.9 Å². The lowest BCUT2D eigenvalue weighted by atomic mass is 10.2. The van der Waals surface area contributed by atoms with Gasteiger partial charge in [0, 0.05) is 19.0 Å². The summed E-state index contributed by atoms with van der Waals surface area (Å²) in [7, 11) is 1.72. The highest BCUT2D eigenvalue weighted by Crippen LogP contribution is 2.19. The number of halogens is 2. The smallest absolute Gasteiger partial charge is 0.258 e. The molecule has 1 amide bonds. The monoisotopic (exact) mass is 279 g/mol. The SMILES string of the molecule is CC(CCl)N(C)C(=O)c1ccoc1Br. The molecule has 1 heterocycles. The first kappa shape index (κ1) is 11.6. The van der Waals surface area contributed by atoms with Crippen LogP contribution in [0.1, 0.15) is 17.3 Å². The van der Waals surface area contributed by atoms with Crippen molar-refractivity contribution >= 4 is 33.4 Å². The number of furan rings is 1. The second-order valence-electron chi connectivity index (χ2n) is 3.03. The van der Waals surface area contributed by atoms with Crippen molar-refractivity contribution in [3.8, 4) is 0 Å². The molecule has 0 spiro atoms. The van der Waals surface area contributed by atoms with Gasteiger partial charge in [0.2, 0.25) is 0 Å². The molecule has 0 aromatic carbocycles. The van der Waals surface area contributed by atoms with E-state index in [1.165, 1.54) is 6.26 Å². The van der Waals surface area contributed by atoms with E-state index >= 15 is 0 Å². The Morgan fingerprint density at radius 3 is 2.86 bits per heavy atom. The highest BCUT2D eigenvalue weighted by atomic mass is 79.9. The van der Waals surface area contributed by atoms with Crippen LogP contribution in [0.5, 0.6) is 0 Å². The van der Waals surface area contributed by atoms with E-state index < -0.39 is 0 Å². The minimum atomic E-state index is -0.0984. The molecule has 0 N–H and O–H groups in total. The van der Waals surface area contributed by atoms with Crippen LogP contribution >= 0.6 is 27.5 Å². The highest BCUT2D eigenvalue weighted by molar-refractivity contribution is 9.10. The Balaban J connectivity index is 2.81. The third kappa shape index (κ3) is 2.30. The zero-order chi connectivity index (χ0) is 10.7. The van der Waals surface area contributed by atoms with Crippen molar-refractivity contribution in [2.24, 2.45) is 0 Å². The van der Waals surface area contributed by atoms with Gasteiger partial charge in [-0.25, -0.2) is 0 Å². The Kier molecular flexibility index (Phi) is 4.01. The lowest BCUT2D eigenvalue weighted by molar-refractivity contribution is 0.0754. The summed E-state index contributed by atoms with van der Waals surface area (Å²) < 4.78 is 5.44. The van der Waals surface area contributed by atoms with Crippen LogP contribution in [0.3, 0.4) is 0 Å². The minimum Gasteiger partial charge on any atom is -0.457 e. The number of rotatable bonds is 3. The molecule has 1 atom stereocenters. The van der Waals surface area contributed by atoms with Crippen molar-refractivity contribution in [1.29, 1.82) is 0 Å². The first-order chi connectivity index (χ1) is 6.57. The van der Waals surface area contributed by atoms with Crippen LogP contribution in [0, 0.1) is 0 Å². The fourth-order valence-electron chi connectivity index (χ4n) is 0.940. The summed E-state index contributed by atoms with van der Waals surface area (Å²) in [6, 6.07) is 1.63. The van der Waals surface area contributed by atoms with Gasteiger partial charge in [0.1, 0.15) is 0 Å². The predicted molar refractivity (Wildman–Crippen MR) is 58.7 cm³/mol. The zero-order valence-corrected chi connectivity index (χ0v) is 10.3. The maximum atomic E-state index is 11.8. The molecular weight excluding hydrogens is 269 g/mol. The summed E-state index contributed by atoms with van der Waals surface area (Å²) in [5.41, 5.74) is 0.518. The molecule has 1 rings (SSSR count). The standard InChI is InChI=1S/C9H11BrClNO2/c1-6(5-11)12(2)9(13)7-3-4-14-8(7)10/h3-4,6H,5H2,1-2H3. The minimum absolute atomic E-state index is 0.00552. The summed E-state index contributed by atoms with van der Waals surface area (Å²) in [6.07, 6.45) is 1.47. The number of hydrogen-bond acceptors (Lipinski definition) is 2. The topological polar surface area (TPSA) is 33.5 Å². The highest BCUT2D eigenvalue weighted by Gasteiger charge is 2.20. The first-order valence-corrected chi connectivity index (χ1v) is 5.46. The van der Waals surface area contributed by atoms with Gasteiger partial charge in [-0.3, -0.25) is 4.79 Å². The molecule has 0 saturated carbocycles. The second-order valence-corrected chi connectivity index (χ2v) is 4.06. The summed E-state index contributed by atoms with van der Waals surface area (Å²) in [4.78, 5) is 13.4. The van der Waals surface area contributed by atoms with E-state index in [4.69, 9.17) is 16.0 Å². The van der Waals surface area contributed by atoms with Crippen molar-refractivity contribution in [3.05, 3.63) is 22.6 Å². The number of carbonyl (C=O) groups excluding carboxylic acids is 1. The van der Waals surface area contributed by atoms with Crippen LogP contribution in [-0.2, 0) is 0 Å². The van der Waals surface area contributed by atoms with E-state index in [1.54, 1.807) is 18.0 Å². The van der Waals surface area contributed by atoms with E-state index in [0.29, 0.717) is 16.1 Å². The molecule has 0 bridgehead atoms. The molecule has 0 aliphatic rings. The van der Waals surface area contributed by atoms with E-state index in [9.17, 15) is 4.79 Å². The molecule has 0 aliphatic heterocycles. The van der Waals surface area contributed by atoms with Crippen molar-refractivity contribution in [2.75, 3.05) is 12.9 Å². The lowest BCUT2D eigenvalue weighted by Gasteiger charge is -2.22. The number of amides is 1. The second kappa shape index (κ2) is 4.84. The van der Waals surface area contributed by atoms with Gasteiger partial charge >= 0.3 is 0 Å². The molecule has 3 nitrogen and oxygen atoms in total. The normalized spacial score (nSPS) is 12.6. The molecule has 1 aromatic heterocycles. The third-order valence-corrected chi connectivity index (χ3v) is 3.11. The van der Waals surface area contributed by atoms with Gasteiger partial charge in [-0.05, 0) is 28.9 Å². The van der Waals surface area contributed by atoms with Gasteiger partial charge in [-0.2, -0.15) is 0 Å². The van der Waals surface area contributed by atoms with Crippen LogP contribution in [-0.4, -0.2) is 29.8 Å². The average Bonchev–Trinajstić information content (AvgIpc) is 2.61. The van der Waals surface area contributed by atoms with Crippen molar-refractivity contribution < 1.29 is 9.21 Å². The van der Waals surface area contributed by atoms with Gasteiger partial charge in [-0.1, -0.05) is 0 Å². The van der Waals surface area contributed by atoms with E-state index in [1.807, 2.05) is 6.92 Å². The predicted octanol–water partition coefficient (Wildman–Crippen LogP) is 2.74. The fraction of sp³-hybridized carbons (Fsp3) is 0.444. The molecule has 78 valence electrons. The molecule has 0 radical (unpaired) electrons. The quantitative estimate of drug-likeness (QED) is 0.798. The Bertz CT molecular complexity index is 326. The molecule has 1 unspecified atom stereocenters. The molecule has 14 heavy (non-hydrogen) atoms. The summed E-state index contributed by atoms with van der Waals surface area (Å²) >= 11 is 8.82. The van der Waals surface area contributed by atoms with Crippen LogP contribution in [0.15, 0.2) is 21.4 Å². The molecule has 5 heteroatoms. The van der Waals surface area contributed by atoms with Crippen molar-refractivity contribution in [2.45, 2.75) is 13.0 Å². The van der Waals surface area contributed by atoms with Gasteiger partial charge < -0.3 is 9.32 Å². The van der Waals surface area contributed by atoms with Crippen molar-refractivity contribution in [1.82, 2.24) is 4.90 Å². The molecular formula is C9H11BrClNO2. The molecule has 0 fully saturated rings. The van der Waals surface area contributed by atoms with Gasteiger partial charge in [0.15, 0.2) is 4.67 Å². The number of hydrogen-bond donors (Lipinski definition) is 0. The molecule has 0 saturated heterocycles. The van der Waals surface area contributed by atoms with E-state index in [-0.39, 0.29) is 11.9 Å². The maximum absolute atomic E-state index is 11.8. The molecule has 0 aliphatic carbocycles. The molecule has 1 aromatic rings. The van der Waals surface area contributed by atoms with Crippen LogP contribution in [0.4, 0.5) is 0 Å². The summed E-state index contributed by atoms with van der Waals surface area (Å²) in [5, 5.41) is 0.